The number of benzene rings is 1. The fraction of sp³-hybridized carbons (Fsp3) is 0.368. The Morgan fingerprint density at radius 2 is 2.20 bits per heavy atom. The highest BCUT2D eigenvalue weighted by molar-refractivity contribution is 7.12. The maximum atomic E-state index is 13.0. The summed E-state index contributed by atoms with van der Waals surface area (Å²) >= 11 is 1.39. The van der Waals surface area contributed by atoms with E-state index in [0.717, 1.165) is 32.5 Å². The third kappa shape index (κ3) is 4.27. The number of hydrogen-bond donors (Lipinski definition) is 2. The highest BCUT2D eigenvalue weighted by Crippen LogP contribution is 2.18. The van der Waals surface area contributed by atoms with Crippen LogP contribution in [0.3, 0.4) is 0 Å². The number of hydrogen-bond acceptors (Lipinski definition) is 4. The Labute approximate surface area is 152 Å². The van der Waals surface area contributed by atoms with Gasteiger partial charge in [-0.1, -0.05) is 19.1 Å². The van der Waals surface area contributed by atoms with Crippen molar-refractivity contribution in [3.8, 4) is 0 Å². The van der Waals surface area contributed by atoms with E-state index in [9.17, 15) is 9.59 Å². The predicted octanol–water partition coefficient (Wildman–Crippen LogP) is 3.21. The smallest absolute Gasteiger partial charge is 0.265 e. The van der Waals surface area contributed by atoms with Gasteiger partial charge >= 0.3 is 0 Å². The minimum absolute atomic E-state index is 0.0303. The molecule has 6 heteroatoms. The van der Waals surface area contributed by atoms with E-state index >= 15 is 0 Å². The van der Waals surface area contributed by atoms with Crippen molar-refractivity contribution >= 4 is 28.8 Å². The molecule has 0 aliphatic carbocycles. The second-order valence-corrected chi connectivity index (χ2v) is 7.11. The van der Waals surface area contributed by atoms with Crippen LogP contribution in [-0.4, -0.2) is 42.4 Å². The molecule has 1 saturated heterocycles. The lowest BCUT2D eigenvalue weighted by atomic mass is 10.1. The molecule has 0 radical (unpaired) electrons. The van der Waals surface area contributed by atoms with Crippen LogP contribution in [0.1, 0.15) is 39.8 Å². The zero-order valence-corrected chi connectivity index (χ0v) is 15.1. The molecule has 0 bridgehead atoms. The molecule has 2 N–H and O–H groups in total. The summed E-state index contributed by atoms with van der Waals surface area (Å²) in [5.41, 5.74) is 1.26. The molecule has 1 fully saturated rings. The third-order valence-electron chi connectivity index (χ3n) is 4.31. The van der Waals surface area contributed by atoms with Gasteiger partial charge in [-0.25, -0.2) is 0 Å². The first kappa shape index (κ1) is 17.6. The van der Waals surface area contributed by atoms with Crippen LogP contribution < -0.4 is 10.6 Å². The number of carbonyl (C=O) groups is 2. The van der Waals surface area contributed by atoms with Crippen molar-refractivity contribution < 1.29 is 9.59 Å². The second kappa shape index (κ2) is 8.27. The molecule has 1 aromatic carbocycles. The molecule has 2 amide bonds. The SMILES string of the molecule is CCCN(C(=O)c1cccc(NC(=O)c2cccs2)c1)C1CCNC1. The molecule has 5 nitrogen and oxygen atoms in total. The fourth-order valence-corrected chi connectivity index (χ4v) is 3.71. The van der Waals surface area contributed by atoms with Gasteiger partial charge in [0.2, 0.25) is 0 Å². The molecule has 1 aliphatic heterocycles. The van der Waals surface area contributed by atoms with Gasteiger partial charge in [0.15, 0.2) is 0 Å². The number of nitrogens with zero attached hydrogens (tertiary/aromatic N) is 1. The van der Waals surface area contributed by atoms with Crippen molar-refractivity contribution in [2.24, 2.45) is 0 Å². The zero-order chi connectivity index (χ0) is 17.6. The standard InChI is InChI=1S/C19H23N3O2S/c1-2-10-22(16-8-9-20-13-16)19(24)14-5-3-6-15(12-14)21-18(23)17-7-4-11-25-17/h3-7,11-12,16,20H,2,8-10,13H2,1H3,(H,21,23). The van der Waals surface area contributed by atoms with E-state index < -0.39 is 0 Å². The highest BCUT2D eigenvalue weighted by atomic mass is 32.1. The lowest BCUT2D eigenvalue weighted by Crippen LogP contribution is -2.42. The van der Waals surface area contributed by atoms with Crippen LogP contribution in [0.4, 0.5) is 5.69 Å². The molecule has 2 heterocycles. The molecule has 132 valence electrons. The van der Waals surface area contributed by atoms with Crippen LogP contribution >= 0.6 is 11.3 Å². The monoisotopic (exact) mass is 357 g/mol. The molecule has 3 rings (SSSR count). The van der Waals surface area contributed by atoms with Crippen molar-refractivity contribution in [2.45, 2.75) is 25.8 Å². The Morgan fingerprint density at radius 1 is 1.32 bits per heavy atom. The van der Waals surface area contributed by atoms with Gasteiger partial charge < -0.3 is 15.5 Å². The molecule has 2 aromatic rings. The first-order valence-corrected chi connectivity index (χ1v) is 9.53. The molecule has 1 aromatic heterocycles. The van der Waals surface area contributed by atoms with Gasteiger partial charge in [0.1, 0.15) is 0 Å². The van der Waals surface area contributed by atoms with E-state index in [1.165, 1.54) is 11.3 Å². The summed E-state index contributed by atoms with van der Waals surface area (Å²) in [7, 11) is 0. The summed E-state index contributed by atoms with van der Waals surface area (Å²) in [5.74, 6) is -0.118. The molecule has 25 heavy (non-hydrogen) atoms. The minimum atomic E-state index is -0.148. The number of amides is 2. The number of rotatable bonds is 6. The van der Waals surface area contributed by atoms with Gasteiger partial charge in [-0.15, -0.1) is 11.3 Å². The van der Waals surface area contributed by atoms with E-state index in [1.54, 1.807) is 12.1 Å². The second-order valence-electron chi connectivity index (χ2n) is 6.16. The summed E-state index contributed by atoms with van der Waals surface area (Å²) in [4.78, 5) is 27.8. The Balaban J connectivity index is 1.75. The van der Waals surface area contributed by atoms with Crippen LogP contribution in [0.2, 0.25) is 0 Å². The van der Waals surface area contributed by atoms with Crippen LogP contribution in [0, 0.1) is 0 Å². The third-order valence-corrected chi connectivity index (χ3v) is 5.18. The van der Waals surface area contributed by atoms with Gasteiger partial charge in [-0.2, -0.15) is 0 Å². The zero-order valence-electron chi connectivity index (χ0n) is 14.3. The average Bonchev–Trinajstić information content (AvgIpc) is 3.32. The largest absolute Gasteiger partial charge is 0.334 e. The van der Waals surface area contributed by atoms with Crippen molar-refractivity contribution in [1.29, 1.82) is 0 Å². The van der Waals surface area contributed by atoms with Gasteiger partial charge in [0.05, 0.1) is 4.88 Å². The first-order chi connectivity index (χ1) is 12.2. The summed E-state index contributed by atoms with van der Waals surface area (Å²) in [6.07, 6.45) is 1.91. The number of anilines is 1. The Hall–Kier alpha value is -2.18. The lowest BCUT2D eigenvalue weighted by molar-refractivity contribution is 0.0692. The Morgan fingerprint density at radius 3 is 2.88 bits per heavy atom. The molecule has 0 spiro atoms. The van der Waals surface area contributed by atoms with Crippen molar-refractivity contribution in [3.05, 3.63) is 52.2 Å². The summed E-state index contributed by atoms with van der Waals surface area (Å²) < 4.78 is 0. The van der Waals surface area contributed by atoms with Gasteiger partial charge in [0.25, 0.3) is 11.8 Å². The van der Waals surface area contributed by atoms with Crippen LogP contribution in [-0.2, 0) is 0 Å². The molecule has 1 atom stereocenters. The highest BCUT2D eigenvalue weighted by Gasteiger charge is 2.26. The maximum absolute atomic E-state index is 13.0. The molecule has 0 saturated carbocycles. The molecule has 1 unspecified atom stereocenters. The molecular formula is C19H23N3O2S. The van der Waals surface area contributed by atoms with Crippen molar-refractivity contribution in [2.75, 3.05) is 25.0 Å². The molecular weight excluding hydrogens is 334 g/mol. The van der Waals surface area contributed by atoms with E-state index in [0.29, 0.717) is 16.1 Å². The van der Waals surface area contributed by atoms with E-state index in [4.69, 9.17) is 0 Å². The van der Waals surface area contributed by atoms with Gasteiger partial charge in [0, 0.05) is 30.4 Å². The van der Waals surface area contributed by atoms with Gasteiger partial charge in [-0.05, 0) is 49.0 Å². The predicted molar refractivity (Wildman–Crippen MR) is 101 cm³/mol. The maximum Gasteiger partial charge on any atom is 0.265 e. The summed E-state index contributed by atoms with van der Waals surface area (Å²) in [5, 5.41) is 8.06. The van der Waals surface area contributed by atoms with E-state index in [2.05, 4.69) is 17.6 Å². The lowest BCUT2D eigenvalue weighted by Gasteiger charge is -2.28. The Kier molecular flexibility index (Phi) is 5.83. The first-order valence-electron chi connectivity index (χ1n) is 8.65. The quantitative estimate of drug-likeness (QED) is 0.834. The van der Waals surface area contributed by atoms with Crippen LogP contribution in [0.25, 0.3) is 0 Å². The van der Waals surface area contributed by atoms with E-state index in [-0.39, 0.29) is 17.9 Å². The van der Waals surface area contributed by atoms with Crippen molar-refractivity contribution in [1.82, 2.24) is 10.2 Å². The number of thiophene rings is 1. The average molecular weight is 357 g/mol. The number of carbonyl (C=O) groups excluding carboxylic acids is 2. The topological polar surface area (TPSA) is 61.4 Å². The normalized spacial score (nSPS) is 16.6. The summed E-state index contributed by atoms with van der Waals surface area (Å²) in [6, 6.07) is 11.1. The fourth-order valence-electron chi connectivity index (χ4n) is 3.09. The van der Waals surface area contributed by atoms with E-state index in [1.807, 2.05) is 34.5 Å². The van der Waals surface area contributed by atoms with Gasteiger partial charge in [-0.3, -0.25) is 9.59 Å². The Bertz CT molecular complexity index is 724. The molecule has 1 aliphatic rings. The van der Waals surface area contributed by atoms with Crippen LogP contribution in [0.5, 0.6) is 0 Å². The van der Waals surface area contributed by atoms with Crippen LogP contribution in [0.15, 0.2) is 41.8 Å². The van der Waals surface area contributed by atoms with Crippen molar-refractivity contribution in [3.63, 3.8) is 0 Å². The summed E-state index contributed by atoms with van der Waals surface area (Å²) in [6.45, 7) is 4.63. The number of nitrogens with one attached hydrogen (secondary N) is 2. The minimum Gasteiger partial charge on any atom is -0.334 e.